The predicted octanol–water partition coefficient (Wildman–Crippen LogP) is 5.40. The number of ketones is 1. The highest BCUT2D eigenvalue weighted by Gasteiger charge is 2.23. The summed E-state index contributed by atoms with van der Waals surface area (Å²) >= 11 is 0. The summed E-state index contributed by atoms with van der Waals surface area (Å²) in [4.78, 5) is 23.9. The summed E-state index contributed by atoms with van der Waals surface area (Å²) in [6.07, 6.45) is 1.80. The van der Waals surface area contributed by atoms with Crippen LogP contribution in [0.25, 0.3) is 27.9 Å². The van der Waals surface area contributed by atoms with Gasteiger partial charge in [-0.1, -0.05) is 60.7 Å². The number of ether oxygens (including phenoxy) is 1. The van der Waals surface area contributed by atoms with Crippen LogP contribution in [0.15, 0.2) is 79.0 Å². The van der Waals surface area contributed by atoms with Gasteiger partial charge in [-0.25, -0.2) is 0 Å². The number of hydrogen-bond acceptors (Lipinski definition) is 3. The Labute approximate surface area is 163 Å². The second-order valence-corrected chi connectivity index (χ2v) is 6.61. The molecule has 4 rings (SSSR count). The van der Waals surface area contributed by atoms with Gasteiger partial charge in [-0.2, -0.15) is 0 Å². The first-order valence-corrected chi connectivity index (χ1v) is 9.04. The fraction of sp³-hybridized carbons (Fsp3) is 0.0833. The van der Waals surface area contributed by atoms with Crippen LogP contribution in [0.5, 0.6) is 5.75 Å². The van der Waals surface area contributed by atoms with E-state index in [9.17, 15) is 9.59 Å². The minimum Gasteiger partial charge on any atom is -0.424 e. The number of rotatable bonds is 4. The molecule has 0 fully saturated rings. The molecule has 2 aromatic carbocycles. The minimum absolute atomic E-state index is 0.0232. The molecule has 0 N–H and O–H groups in total. The van der Waals surface area contributed by atoms with Crippen molar-refractivity contribution in [3.63, 3.8) is 0 Å². The van der Waals surface area contributed by atoms with Crippen molar-refractivity contribution in [2.24, 2.45) is 0 Å². The Kier molecular flexibility index (Phi) is 4.53. The highest BCUT2D eigenvalue weighted by Crippen LogP contribution is 2.44. The van der Waals surface area contributed by atoms with Gasteiger partial charge in [-0.15, -0.1) is 0 Å². The molecule has 4 nitrogen and oxygen atoms in total. The topological polar surface area (TPSA) is 47.8 Å². The molecule has 0 unspecified atom stereocenters. The van der Waals surface area contributed by atoms with E-state index in [1.54, 1.807) is 12.3 Å². The molecule has 2 heterocycles. The van der Waals surface area contributed by atoms with Gasteiger partial charge in [0.15, 0.2) is 11.5 Å². The third-order valence-corrected chi connectivity index (χ3v) is 4.65. The molecular weight excluding hydrogens is 350 g/mol. The summed E-state index contributed by atoms with van der Waals surface area (Å²) in [5.41, 5.74) is 4.93. The largest absolute Gasteiger partial charge is 0.424 e. The fourth-order valence-corrected chi connectivity index (χ4v) is 3.43. The van der Waals surface area contributed by atoms with Crippen molar-refractivity contribution >= 4 is 17.3 Å². The molecule has 138 valence electrons. The molecule has 0 saturated carbocycles. The van der Waals surface area contributed by atoms with Crippen molar-refractivity contribution in [1.29, 1.82) is 0 Å². The molecule has 0 aliphatic rings. The normalized spacial score (nSPS) is 10.8. The van der Waals surface area contributed by atoms with Crippen LogP contribution in [-0.4, -0.2) is 16.2 Å². The number of fused-ring (bicyclic) bond motifs is 1. The highest BCUT2D eigenvalue weighted by atomic mass is 16.5. The van der Waals surface area contributed by atoms with Gasteiger partial charge < -0.3 is 9.14 Å². The minimum atomic E-state index is -0.389. The van der Waals surface area contributed by atoms with Crippen LogP contribution in [0.2, 0.25) is 0 Å². The first-order valence-electron chi connectivity index (χ1n) is 9.04. The Morgan fingerprint density at radius 3 is 1.96 bits per heavy atom. The number of pyridine rings is 1. The van der Waals surface area contributed by atoms with E-state index in [1.165, 1.54) is 13.8 Å². The lowest BCUT2D eigenvalue weighted by atomic mass is 10.0. The predicted molar refractivity (Wildman–Crippen MR) is 110 cm³/mol. The van der Waals surface area contributed by atoms with Gasteiger partial charge >= 0.3 is 5.97 Å². The number of aromatic nitrogens is 1. The van der Waals surface area contributed by atoms with E-state index in [4.69, 9.17) is 4.74 Å². The molecule has 0 aliphatic carbocycles. The maximum atomic E-state index is 12.0. The second-order valence-electron chi connectivity index (χ2n) is 6.61. The average Bonchev–Trinajstić information content (AvgIpc) is 3.02. The molecule has 4 heteroatoms. The van der Waals surface area contributed by atoms with Crippen LogP contribution in [-0.2, 0) is 4.79 Å². The summed E-state index contributed by atoms with van der Waals surface area (Å²) in [6.45, 7) is 2.93. The fourth-order valence-electron chi connectivity index (χ4n) is 3.43. The zero-order chi connectivity index (χ0) is 19.7. The monoisotopic (exact) mass is 369 g/mol. The molecule has 0 amide bonds. The van der Waals surface area contributed by atoms with E-state index in [2.05, 4.69) is 0 Å². The van der Waals surface area contributed by atoms with Crippen LogP contribution in [0.4, 0.5) is 0 Å². The first kappa shape index (κ1) is 17.7. The van der Waals surface area contributed by atoms with Gasteiger partial charge in [0.1, 0.15) is 0 Å². The third kappa shape index (κ3) is 3.09. The maximum Gasteiger partial charge on any atom is 0.308 e. The molecule has 4 aromatic rings. The van der Waals surface area contributed by atoms with Crippen molar-refractivity contribution in [2.45, 2.75) is 13.8 Å². The Morgan fingerprint density at radius 2 is 1.39 bits per heavy atom. The van der Waals surface area contributed by atoms with E-state index >= 15 is 0 Å². The zero-order valence-electron chi connectivity index (χ0n) is 15.7. The van der Waals surface area contributed by atoms with Crippen LogP contribution in [0.1, 0.15) is 24.2 Å². The lowest BCUT2D eigenvalue weighted by Crippen LogP contribution is -2.02. The van der Waals surface area contributed by atoms with Crippen LogP contribution >= 0.6 is 0 Å². The van der Waals surface area contributed by atoms with Crippen LogP contribution in [0.3, 0.4) is 0 Å². The van der Waals surface area contributed by atoms with Gasteiger partial charge in [-0.3, -0.25) is 9.59 Å². The number of esters is 1. The average molecular weight is 369 g/mol. The highest BCUT2D eigenvalue weighted by molar-refractivity contribution is 5.98. The van der Waals surface area contributed by atoms with Gasteiger partial charge in [0.05, 0.1) is 16.8 Å². The number of hydrogen-bond donors (Lipinski definition) is 0. The Balaban J connectivity index is 2.16. The Bertz CT molecular complexity index is 1170. The van der Waals surface area contributed by atoms with E-state index in [0.29, 0.717) is 11.3 Å². The van der Waals surface area contributed by atoms with Gasteiger partial charge in [0, 0.05) is 18.7 Å². The van der Waals surface area contributed by atoms with Crippen molar-refractivity contribution < 1.29 is 14.3 Å². The van der Waals surface area contributed by atoms with Crippen LogP contribution < -0.4 is 4.74 Å². The number of carbonyl (C=O) groups excluding carboxylic acids is 2. The van der Waals surface area contributed by atoms with Crippen LogP contribution in [0, 0.1) is 0 Å². The Hall–Kier alpha value is -3.66. The van der Waals surface area contributed by atoms with Crippen molar-refractivity contribution in [3.05, 3.63) is 84.6 Å². The van der Waals surface area contributed by atoms with Gasteiger partial charge in [-0.05, 0) is 30.2 Å². The van der Waals surface area contributed by atoms with Crippen molar-refractivity contribution in [3.8, 4) is 28.1 Å². The zero-order valence-corrected chi connectivity index (χ0v) is 15.7. The first-order chi connectivity index (χ1) is 13.6. The van der Waals surface area contributed by atoms with Crippen molar-refractivity contribution in [1.82, 2.24) is 4.40 Å². The molecule has 0 atom stereocenters. The number of carbonyl (C=O) groups is 2. The standard InChI is InChI=1S/C24H19NO3/c1-16(26)20-13-14-21-24(28-17(2)27)22(18-9-5-3-6-10-18)23(25(21)15-20)19-11-7-4-8-12-19/h3-15H,1-2H3. The molecule has 0 aliphatic heterocycles. The molecule has 0 radical (unpaired) electrons. The molecule has 2 aromatic heterocycles. The SMILES string of the molecule is CC(=O)Oc1c(-c2ccccc2)c(-c2ccccc2)n2cc(C(C)=O)ccc12. The van der Waals surface area contributed by atoms with Crippen molar-refractivity contribution in [2.75, 3.05) is 0 Å². The molecule has 0 spiro atoms. The molecule has 0 bridgehead atoms. The summed E-state index contributed by atoms with van der Waals surface area (Å²) in [7, 11) is 0. The van der Waals surface area contributed by atoms with Gasteiger partial charge in [0.2, 0.25) is 0 Å². The number of Topliss-reactive ketones (excluding diaryl/α,β-unsaturated/α-hetero) is 1. The quantitative estimate of drug-likeness (QED) is 0.357. The summed E-state index contributed by atoms with van der Waals surface area (Å²) in [5, 5.41) is 0. The van der Waals surface area contributed by atoms with E-state index in [1.807, 2.05) is 71.1 Å². The lowest BCUT2D eigenvalue weighted by molar-refractivity contribution is -0.131. The third-order valence-electron chi connectivity index (χ3n) is 4.65. The number of nitrogens with zero attached hydrogens (tertiary/aromatic N) is 1. The smallest absolute Gasteiger partial charge is 0.308 e. The Morgan fingerprint density at radius 1 is 0.786 bits per heavy atom. The van der Waals surface area contributed by atoms with Gasteiger partial charge in [0.25, 0.3) is 0 Å². The molecular formula is C24H19NO3. The maximum absolute atomic E-state index is 12.0. The molecule has 28 heavy (non-hydrogen) atoms. The lowest BCUT2D eigenvalue weighted by Gasteiger charge is -2.09. The van der Waals surface area contributed by atoms with E-state index in [0.717, 1.165) is 27.9 Å². The number of benzene rings is 2. The summed E-state index contributed by atoms with van der Waals surface area (Å²) in [5.74, 6) is 0.0810. The molecule has 0 saturated heterocycles. The van der Waals surface area contributed by atoms with E-state index < -0.39 is 0 Å². The summed E-state index contributed by atoms with van der Waals surface area (Å²) < 4.78 is 7.61. The summed E-state index contributed by atoms with van der Waals surface area (Å²) in [6, 6.07) is 23.3. The second kappa shape index (κ2) is 7.16. The van der Waals surface area contributed by atoms with E-state index in [-0.39, 0.29) is 11.8 Å².